The van der Waals surface area contributed by atoms with Crippen LogP contribution in [0.25, 0.3) is 33.8 Å². The molecule has 1 aliphatic heterocycles. The van der Waals surface area contributed by atoms with Gasteiger partial charge in [0.25, 0.3) is 5.91 Å². The van der Waals surface area contributed by atoms with E-state index in [0.717, 1.165) is 41.1 Å². The van der Waals surface area contributed by atoms with Crippen molar-refractivity contribution in [2.45, 2.75) is 26.7 Å². The average Bonchev–Trinajstić information content (AvgIpc) is 3.63. The molecule has 1 fully saturated rings. The fourth-order valence-corrected chi connectivity index (χ4v) is 4.86. The number of carbonyl (C=O) groups is 2. The lowest BCUT2D eigenvalue weighted by Gasteiger charge is -2.34. The fraction of sp³-hybridized carbons (Fsp3) is 0.333. The number of amides is 2. The van der Waals surface area contributed by atoms with Crippen LogP contribution >= 0.6 is 0 Å². The second-order valence-corrected chi connectivity index (χ2v) is 8.89. The molecule has 0 unspecified atom stereocenters. The summed E-state index contributed by atoms with van der Waals surface area (Å²) >= 11 is 0. The lowest BCUT2D eigenvalue weighted by molar-refractivity contribution is -0.136. The van der Waals surface area contributed by atoms with Crippen LogP contribution in [0, 0.1) is 5.92 Å². The molecule has 8 nitrogen and oxygen atoms in total. The topological polar surface area (TPSA) is 98.0 Å². The summed E-state index contributed by atoms with van der Waals surface area (Å²) in [6.07, 6.45) is 5.36. The van der Waals surface area contributed by atoms with Gasteiger partial charge in [0.1, 0.15) is 11.4 Å². The van der Waals surface area contributed by atoms with Gasteiger partial charge in [-0.05, 0) is 69.2 Å². The van der Waals surface area contributed by atoms with Crippen LogP contribution < -0.4 is 0 Å². The van der Waals surface area contributed by atoms with E-state index in [1.54, 1.807) is 0 Å². The van der Waals surface area contributed by atoms with Crippen LogP contribution in [-0.4, -0.2) is 67.7 Å². The van der Waals surface area contributed by atoms with Gasteiger partial charge in [-0.15, -0.1) is 0 Å². The van der Waals surface area contributed by atoms with Crippen molar-refractivity contribution >= 4 is 22.8 Å². The van der Waals surface area contributed by atoms with E-state index in [-0.39, 0.29) is 17.7 Å². The molecule has 35 heavy (non-hydrogen) atoms. The van der Waals surface area contributed by atoms with Crippen LogP contribution in [-0.2, 0) is 4.79 Å². The molecule has 8 heteroatoms. The van der Waals surface area contributed by atoms with Crippen LogP contribution in [0.3, 0.4) is 0 Å². The number of aromatic amines is 2. The molecule has 4 aromatic rings. The van der Waals surface area contributed by atoms with Crippen molar-refractivity contribution in [3.63, 3.8) is 0 Å². The summed E-state index contributed by atoms with van der Waals surface area (Å²) in [5.74, 6) is -0.0689. The number of nitrogens with zero attached hydrogens (tertiary/aromatic N) is 4. The molecular weight excluding hydrogens is 440 g/mol. The Balaban J connectivity index is 1.46. The minimum atomic E-state index is -0.143. The van der Waals surface area contributed by atoms with Crippen molar-refractivity contribution in [2.75, 3.05) is 26.2 Å². The highest BCUT2D eigenvalue weighted by atomic mass is 16.2. The smallest absolute Gasteiger partial charge is 0.253 e. The Kier molecular flexibility index (Phi) is 6.35. The van der Waals surface area contributed by atoms with Gasteiger partial charge in [-0.1, -0.05) is 0 Å². The molecule has 2 N–H and O–H groups in total. The molecule has 1 atom stereocenters. The van der Waals surface area contributed by atoms with Crippen LogP contribution in [0.5, 0.6) is 0 Å². The molecule has 4 heterocycles. The number of H-pyrrole nitrogens is 2. The number of likely N-dealkylation sites (tertiary alicyclic amines) is 1. The van der Waals surface area contributed by atoms with Gasteiger partial charge in [0.2, 0.25) is 5.91 Å². The normalized spacial score (nSPS) is 15.9. The number of fused-ring (bicyclic) bond motifs is 1. The van der Waals surface area contributed by atoms with Crippen LogP contribution in [0.1, 0.15) is 37.0 Å². The first-order valence-corrected chi connectivity index (χ1v) is 12.3. The highest BCUT2D eigenvalue weighted by molar-refractivity contribution is 5.98. The summed E-state index contributed by atoms with van der Waals surface area (Å²) in [4.78, 5) is 46.2. The van der Waals surface area contributed by atoms with Gasteiger partial charge in [0, 0.05) is 44.1 Å². The molecule has 2 amide bonds. The first-order chi connectivity index (χ1) is 17.1. The summed E-state index contributed by atoms with van der Waals surface area (Å²) in [6.45, 7) is 6.48. The molecule has 0 aliphatic carbocycles. The lowest BCUT2D eigenvalue weighted by Crippen LogP contribution is -2.46. The van der Waals surface area contributed by atoms with Crippen molar-refractivity contribution < 1.29 is 9.59 Å². The van der Waals surface area contributed by atoms with Crippen molar-refractivity contribution in [1.29, 1.82) is 0 Å². The first-order valence-electron chi connectivity index (χ1n) is 12.3. The molecular formula is C27H30N6O2. The van der Waals surface area contributed by atoms with Gasteiger partial charge >= 0.3 is 0 Å². The Morgan fingerprint density at radius 2 is 1.63 bits per heavy atom. The monoisotopic (exact) mass is 470 g/mol. The zero-order chi connectivity index (χ0) is 24.4. The number of carbonyl (C=O) groups excluding carboxylic acids is 2. The van der Waals surface area contributed by atoms with E-state index < -0.39 is 0 Å². The number of rotatable bonds is 6. The third-order valence-corrected chi connectivity index (χ3v) is 6.75. The second-order valence-electron chi connectivity index (χ2n) is 8.89. The molecule has 3 aromatic heterocycles. The number of hydrogen-bond acceptors (Lipinski definition) is 4. The molecule has 0 radical (unpaired) electrons. The van der Waals surface area contributed by atoms with Gasteiger partial charge in [-0.2, -0.15) is 0 Å². The lowest BCUT2D eigenvalue weighted by atomic mass is 9.95. The predicted octanol–water partition coefficient (Wildman–Crippen LogP) is 4.34. The van der Waals surface area contributed by atoms with Gasteiger partial charge < -0.3 is 19.8 Å². The molecule has 0 bridgehead atoms. The average molecular weight is 471 g/mol. The van der Waals surface area contributed by atoms with E-state index in [1.807, 2.05) is 78.5 Å². The van der Waals surface area contributed by atoms with Crippen molar-refractivity contribution in [1.82, 2.24) is 29.7 Å². The van der Waals surface area contributed by atoms with Crippen molar-refractivity contribution in [3.05, 3.63) is 60.4 Å². The molecule has 5 rings (SSSR count). The van der Waals surface area contributed by atoms with E-state index in [1.165, 1.54) is 0 Å². The Morgan fingerprint density at radius 3 is 2.23 bits per heavy atom. The summed E-state index contributed by atoms with van der Waals surface area (Å²) in [7, 11) is 0. The van der Waals surface area contributed by atoms with E-state index in [2.05, 4.69) is 9.97 Å². The Hall–Kier alpha value is -3.94. The predicted molar refractivity (Wildman–Crippen MR) is 136 cm³/mol. The highest BCUT2D eigenvalue weighted by Gasteiger charge is 2.31. The van der Waals surface area contributed by atoms with E-state index in [0.29, 0.717) is 37.3 Å². The third-order valence-electron chi connectivity index (χ3n) is 6.75. The Bertz CT molecular complexity index is 1330. The van der Waals surface area contributed by atoms with Gasteiger partial charge in [0.15, 0.2) is 0 Å². The van der Waals surface area contributed by atoms with Crippen molar-refractivity contribution in [3.8, 4) is 22.8 Å². The molecule has 0 saturated carbocycles. The second kappa shape index (κ2) is 9.74. The van der Waals surface area contributed by atoms with E-state index in [9.17, 15) is 9.59 Å². The van der Waals surface area contributed by atoms with Crippen LogP contribution in [0.4, 0.5) is 0 Å². The molecule has 1 aromatic carbocycles. The molecule has 0 spiro atoms. The standard InChI is InChI=1S/C27H30N6O2/c1-3-32(4-2)27(35)19-8-7-15-33(17-19)26(34)18-11-12-20-23(16-18)31-25(22-10-6-14-29-22)24(30-20)21-9-5-13-28-21/h5-6,9-14,16,19,28-29H,3-4,7-8,15,17H2,1-2H3/t19-/m0/s1. The molecule has 180 valence electrons. The Morgan fingerprint density at radius 1 is 0.971 bits per heavy atom. The largest absolute Gasteiger partial charge is 0.360 e. The Labute approximate surface area is 204 Å². The SMILES string of the molecule is CCN(CC)C(=O)[C@H]1CCCN(C(=O)c2ccc3nc(-c4ccc[nH]4)c(-c4ccc[nH]4)nc3c2)C1. The van der Waals surface area contributed by atoms with Gasteiger partial charge in [0.05, 0.1) is 28.3 Å². The number of benzene rings is 1. The van der Waals surface area contributed by atoms with Gasteiger partial charge in [-0.3, -0.25) is 9.59 Å². The maximum Gasteiger partial charge on any atom is 0.253 e. The summed E-state index contributed by atoms with van der Waals surface area (Å²) in [6, 6.07) is 13.2. The fourth-order valence-electron chi connectivity index (χ4n) is 4.86. The maximum absolute atomic E-state index is 13.4. The number of nitrogens with one attached hydrogen (secondary N) is 2. The number of hydrogen-bond donors (Lipinski definition) is 2. The maximum atomic E-state index is 13.4. The minimum absolute atomic E-state index is 0.0689. The first kappa shape index (κ1) is 22.8. The van der Waals surface area contributed by atoms with Crippen LogP contribution in [0.15, 0.2) is 54.9 Å². The summed E-state index contributed by atoms with van der Waals surface area (Å²) in [5, 5.41) is 0. The van der Waals surface area contributed by atoms with Crippen LogP contribution in [0.2, 0.25) is 0 Å². The van der Waals surface area contributed by atoms with E-state index in [4.69, 9.17) is 9.97 Å². The summed E-state index contributed by atoms with van der Waals surface area (Å²) < 4.78 is 0. The quantitative estimate of drug-likeness (QED) is 0.438. The van der Waals surface area contributed by atoms with Crippen molar-refractivity contribution in [2.24, 2.45) is 5.92 Å². The number of aromatic nitrogens is 4. The van der Waals surface area contributed by atoms with Gasteiger partial charge in [-0.25, -0.2) is 9.97 Å². The van der Waals surface area contributed by atoms with E-state index >= 15 is 0 Å². The molecule has 1 aliphatic rings. The summed E-state index contributed by atoms with van der Waals surface area (Å²) in [5.41, 5.74) is 5.14. The molecule has 1 saturated heterocycles. The zero-order valence-corrected chi connectivity index (χ0v) is 20.1. The third kappa shape index (κ3) is 4.43. The zero-order valence-electron chi connectivity index (χ0n) is 20.1. The minimum Gasteiger partial charge on any atom is -0.360 e. The highest BCUT2D eigenvalue weighted by Crippen LogP contribution is 2.30. The number of piperidine rings is 1.